The molecule has 32 heavy (non-hydrogen) atoms. The Morgan fingerprint density at radius 1 is 1.03 bits per heavy atom. The van der Waals surface area contributed by atoms with Gasteiger partial charge in [0.05, 0.1) is 7.11 Å². The first kappa shape index (κ1) is 20.9. The standard InChI is InChI=1S/C24H22N4O4/c1-29-21-9-7-18(8-10-21)24-27-20(15-31-24)16-32-28-23(25)19-5-2-6-22(12-19)30-14-17-4-3-11-26-13-17/h2-13,15H,14,16H2,1H3,(H2,25,28). The Kier molecular flexibility index (Phi) is 6.62. The fourth-order valence-electron chi connectivity index (χ4n) is 2.86. The van der Waals surface area contributed by atoms with Gasteiger partial charge in [-0.1, -0.05) is 23.4 Å². The molecule has 0 radical (unpaired) electrons. The van der Waals surface area contributed by atoms with Gasteiger partial charge in [0.15, 0.2) is 12.4 Å². The topological polar surface area (TPSA) is 105 Å². The minimum absolute atomic E-state index is 0.123. The van der Waals surface area contributed by atoms with Crippen LogP contribution in [0.3, 0.4) is 0 Å². The predicted octanol–water partition coefficient (Wildman–Crippen LogP) is 4.16. The number of aromatic nitrogens is 2. The molecule has 0 aliphatic carbocycles. The first-order chi connectivity index (χ1) is 15.7. The van der Waals surface area contributed by atoms with Gasteiger partial charge in [0, 0.05) is 29.1 Å². The van der Waals surface area contributed by atoms with Crippen LogP contribution in [0, 0.1) is 0 Å². The van der Waals surface area contributed by atoms with Crippen LogP contribution in [0.25, 0.3) is 11.5 Å². The first-order valence-electron chi connectivity index (χ1n) is 9.87. The first-order valence-corrected chi connectivity index (χ1v) is 9.87. The zero-order valence-electron chi connectivity index (χ0n) is 17.5. The Hall–Kier alpha value is -4.33. The summed E-state index contributed by atoms with van der Waals surface area (Å²) in [4.78, 5) is 13.8. The number of oxime groups is 1. The monoisotopic (exact) mass is 430 g/mol. The van der Waals surface area contributed by atoms with E-state index in [1.54, 1.807) is 25.6 Å². The molecule has 4 aromatic rings. The summed E-state index contributed by atoms with van der Waals surface area (Å²) in [7, 11) is 1.62. The van der Waals surface area contributed by atoms with Crippen molar-refractivity contribution in [2.24, 2.45) is 10.9 Å². The van der Waals surface area contributed by atoms with Crippen molar-refractivity contribution in [2.75, 3.05) is 7.11 Å². The summed E-state index contributed by atoms with van der Waals surface area (Å²) in [6, 6.07) is 18.6. The van der Waals surface area contributed by atoms with E-state index in [0.29, 0.717) is 29.5 Å². The van der Waals surface area contributed by atoms with Crippen LogP contribution in [0.4, 0.5) is 0 Å². The lowest BCUT2D eigenvalue weighted by atomic mass is 10.2. The highest BCUT2D eigenvalue weighted by Crippen LogP contribution is 2.22. The van der Waals surface area contributed by atoms with Gasteiger partial charge in [-0.15, -0.1) is 0 Å². The van der Waals surface area contributed by atoms with Gasteiger partial charge in [0.1, 0.15) is 30.1 Å². The molecule has 2 N–H and O–H groups in total. The van der Waals surface area contributed by atoms with E-state index in [4.69, 9.17) is 24.5 Å². The quantitative estimate of drug-likeness (QED) is 0.241. The van der Waals surface area contributed by atoms with Crippen molar-refractivity contribution in [1.82, 2.24) is 9.97 Å². The average Bonchev–Trinajstić information content (AvgIpc) is 3.32. The van der Waals surface area contributed by atoms with Crippen LogP contribution in [0.15, 0.2) is 88.9 Å². The third-order valence-corrected chi connectivity index (χ3v) is 4.52. The maximum Gasteiger partial charge on any atom is 0.226 e. The van der Waals surface area contributed by atoms with E-state index in [1.165, 1.54) is 6.26 Å². The van der Waals surface area contributed by atoms with E-state index < -0.39 is 0 Å². The van der Waals surface area contributed by atoms with Crippen molar-refractivity contribution in [1.29, 1.82) is 0 Å². The SMILES string of the molecule is COc1ccc(-c2nc(CO/N=C(\N)c3cccc(OCc4cccnc4)c3)co2)cc1. The molecule has 0 fully saturated rings. The van der Waals surface area contributed by atoms with E-state index in [-0.39, 0.29) is 12.4 Å². The summed E-state index contributed by atoms with van der Waals surface area (Å²) < 4.78 is 16.5. The van der Waals surface area contributed by atoms with E-state index in [0.717, 1.165) is 16.9 Å². The molecule has 0 saturated heterocycles. The second kappa shape index (κ2) is 10.1. The lowest BCUT2D eigenvalue weighted by Crippen LogP contribution is -2.14. The molecule has 2 aromatic carbocycles. The van der Waals surface area contributed by atoms with Gasteiger partial charge < -0.3 is 24.5 Å². The molecule has 0 unspecified atom stereocenters. The number of ether oxygens (including phenoxy) is 2. The van der Waals surface area contributed by atoms with Gasteiger partial charge in [-0.25, -0.2) is 4.98 Å². The minimum Gasteiger partial charge on any atom is -0.497 e. The number of pyridine rings is 1. The maximum absolute atomic E-state index is 6.06. The number of oxazole rings is 1. The highest BCUT2D eigenvalue weighted by atomic mass is 16.6. The molecule has 8 nitrogen and oxygen atoms in total. The third-order valence-electron chi connectivity index (χ3n) is 4.52. The zero-order valence-corrected chi connectivity index (χ0v) is 17.5. The van der Waals surface area contributed by atoms with Crippen LogP contribution in [-0.4, -0.2) is 22.9 Å². The third kappa shape index (κ3) is 5.42. The van der Waals surface area contributed by atoms with Gasteiger partial charge in [-0.05, 0) is 42.5 Å². The molecule has 0 amide bonds. The van der Waals surface area contributed by atoms with Crippen LogP contribution in [0.2, 0.25) is 0 Å². The summed E-state index contributed by atoms with van der Waals surface area (Å²) in [6.45, 7) is 0.533. The van der Waals surface area contributed by atoms with Crippen molar-refractivity contribution in [3.8, 4) is 23.0 Å². The number of rotatable bonds is 9. The van der Waals surface area contributed by atoms with Gasteiger partial charge in [-0.3, -0.25) is 4.98 Å². The Labute approximate surface area is 185 Å². The van der Waals surface area contributed by atoms with Crippen molar-refractivity contribution in [2.45, 2.75) is 13.2 Å². The lowest BCUT2D eigenvalue weighted by molar-refractivity contribution is 0.127. The van der Waals surface area contributed by atoms with Crippen LogP contribution in [-0.2, 0) is 18.1 Å². The molecule has 8 heteroatoms. The Bertz CT molecular complexity index is 1170. The molecule has 4 rings (SSSR count). The number of methoxy groups -OCH3 is 1. The van der Waals surface area contributed by atoms with Gasteiger partial charge in [0.25, 0.3) is 0 Å². The summed E-state index contributed by atoms with van der Waals surface area (Å²) in [5.74, 6) is 2.16. The van der Waals surface area contributed by atoms with Crippen molar-refractivity contribution in [3.63, 3.8) is 0 Å². The van der Waals surface area contributed by atoms with Gasteiger partial charge in [0.2, 0.25) is 5.89 Å². The molecule has 2 aromatic heterocycles. The fraction of sp³-hybridized carbons (Fsp3) is 0.125. The lowest BCUT2D eigenvalue weighted by Gasteiger charge is -2.08. The maximum atomic E-state index is 6.06. The summed E-state index contributed by atoms with van der Waals surface area (Å²) in [6.07, 6.45) is 5.01. The minimum atomic E-state index is 0.123. The Balaban J connectivity index is 1.33. The summed E-state index contributed by atoms with van der Waals surface area (Å²) in [5.41, 5.74) is 9.16. The van der Waals surface area contributed by atoms with Crippen LogP contribution >= 0.6 is 0 Å². The number of nitrogens with two attached hydrogens (primary N) is 1. The number of hydrogen-bond acceptors (Lipinski definition) is 7. The zero-order chi connectivity index (χ0) is 22.2. The molecular weight excluding hydrogens is 408 g/mol. The predicted molar refractivity (Wildman–Crippen MR) is 119 cm³/mol. The van der Waals surface area contributed by atoms with Gasteiger partial charge in [-0.2, -0.15) is 0 Å². The fourth-order valence-corrected chi connectivity index (χ4v) is 2.86. The normalized spacial score (nSPS) is 11.2. The van der Waals surface area contributed by atoms with Crippen LogP contribution in [0.5, 0.6) is 11.5 Å². The van der Waals surface area contributed by atoms with E-state index in [2.05, 4.69) is 15.1 Å². The van der Waals surface area contributed by atoms with Crippen molar-refractivity contribution in [3.05, 3.63) is 96.1 Å². The van der Waals surface area contributed by atoms with E-state index in [1.807, 2.05) is 54.6 Å². The highest BCUT2D eigenvalue weighted by molar-refractivity contribution is 5.97. The molecule has 0 aliphatic heterocycles. The molecule has 2 heterocycles. The molecule has 162 valence electrons. The van der Waals surface area contributed by atoms with Crippen molar-refractivity contribution >= 4 is 5.84 Å². The Morgan fingerprint density at radius 2 is 1.91 bits per heavy atom. The molecule has 0 saturated carbocycles. The van der Waals surface area contributed by atoms with Crippen molar-refractivity contribution < 1.29 is 18.7 Å². The van der Waals surface area contributed by atoms with E-state index in [9.17, 15) is 0 Å². The smallest absolute Gasteiger partial charge is 0.226 e. The molecule has 0 spiro atoms. The van der Waals surface area contributed by atoms with E-state index >= 15 is 0 Å². The summed E-state index contributed by atoms with van der Waals surface area (Å²) >= 11 is 0. The number of amidine groups is 1. The average molecular weight is 430 g/mol. The summed E-state index contributed by atoms with van der Waals surface area (Å²) in [5, 5.41) is 3.98. The second-order valence-electron chi connectivity index (χ2n) is 6.80. The number of benzene rings is 2. The largest absolute Gasteiger partial charge is 0.497 e. The highest BCUT2D eigenvalue weighted by Gasteiger charge is 2.08. The molecular formula is C24H22N4O4. The van der Waals surface area contributed by atoms with Crippen LogP contribution < -0.4 is 15.2 Å². The number of hydrogen-bond donors (Lipinski definition) is 1. The molecule has 0 aliphatic rings. The Morgan fingerprint density at radius 3 is 2.69 bits per heavy atom. The van der Waals surface area contributed by atoms with Gasteiger partial charge >= 0.3 is 0 Å². The molecule has 0 bridgehead atoms. The molecule has 0 atom stereocenters. The van der Waals surface area contributed by atoms with Crippen LogP contribution in [0.1, 0.15) is 16.8 Å². The second-order valence-corrected chi connectivity index (χ2v) is 6.80. The number of nitrogens with zero attached hydrogens (tertiary/aromatic N) is 3.